The van der Waals surface area contributed by atoms with Gasteiger partial charge in [0, 0.05) is 6.07 Å². The minimum absolute atomic E-state index is 0.155. The number of hydrogen-bond donors (Lipinski definition) is 2. The van der Waals surface area contributed by atoms with Crippen LogP contribution in [0.2, 0.25) is 0 Å². The Morgan fingerprint density at radius 2 is 2.50 bits per heavy atom. The molecule has 0 radical (unpaired) electrons. The van der Waals surface area contributed by atoms with Gasteiger partial charge in [-0.15, -0.1) is 0 Å². The highest BCUT2D eigenvalue weighted by Gasteiger charge is 2.06. The standard InChI is InChI=1S/C9H8N2O3/c1-14-8-3-6-5(2-7(8)12)9(13)11-4-10-6/h2-4,12H,1H3,(H,10,11,13)/i1D3. The number of H-pyrrole nitrogens is 1. The molecular formula is C9H8N2O3. The summed E-state index contributed by atoms with van der Waals surface area (Å²) in [7, 11) is -2.67. The number of aromatic hydroxyl groups is 1. The van der Waals surface area contributed by atoms with Crippen LogP contribution in [0, 0.1) is 0 Å². The first-order chi connectivity index (χ1) is 7.87. The van der Waals surface area contributed by atoms with Gasteiger partial charge in [0.15, 0.2) is 11.5 Å². The Balaban J connectivity index is 2.60. The summed E-state index contributed by atoms with van der Waals surface area (Å²) in [6, 6.07) is 2.31. The lowest BCUT2D eigenvalue weighted by Crippen LogP contribution is -2.06. The summed E-state index contributed by atoms with van der Waals surface area (Å²) in [5, 5.41) is 9.70. The summed E-state index contributed by atoms with van der Waals surface area (Å²) >= 11 is 0. The second kappa shape index (κ2) is 3.02. The maximum atomic E-state index is 11.4. The molecule has 5 nitrogen and oxygen atoms in total. The van der Waals surface area contributed by atoms with Crippen LogP contribution in [0.5, 0.6) is 11.5 Å². The van der Waals surface area contributed by atoms with Crippen molar-refractivity contribution >= 4 is 10.9 Å². The van der Waals surface area contributed by atoms with Gasteiger partial charge < -0.3 is 14.8 Å². The highest BCUT2D eigenvalue weighted by Crippen LogP contribution is 2.28. The minimum Gasteiger partial charge on any atom is -0.504 e. The Bertz CT molecular complexity index is 621. The average molecular weight is 195 g/mol. The van der Waals surface area contributed by atoms with Crippen LogP contribution in [-0.4, -0.2) is 22.1 Å². The maximum absolute atomic E-state index is 11.4. The summed E-state index contributed by atoms with van der Waals surface area (Å²) in [4.78, 5) is 17.6. The zero-order valence-corrected chi connectivity index (χ0v) is 6.94. The lowest BCUT2D eigenvalue weighted by atomic mass is 10.2. The molecule has 0 unspecified atom stereocenters. The van der Waals surface area contributed by atoms with E-state index in [1.807, 2.05) is 0 Å². The number of benzene rings is 1. The molecule has 0 fully saturated rings. The van der Waals surface area contributed by atoms with Gasteiger partial charge in [-0.3, -0.25) is 4.79 Å². The molecule has 0 aliphatic heterocycles. The van der Waals surface area contributed by atoms with E-state index in [9.17, 15) is 9.90 Å². The van der Waals surface area contributed by atoms with Crippen molar-refractivity contribution in [1.29, 1.82) is 0 Å². The zero-order valence-electron chi connectivity index (χ0n) is 9.94. The van der Waals surface area contributed by atoms with Crippen molar-refractivity contribution in [3.8, 4) is 11.5 Å². The Hall–Kier alpha value is -2.04. The van der Waals surface area contributed by atoms with Crippen LogP contribution in [0.1, 0.15) is 4.11 Å². The van der Waals surface area contributed by atoms with Gasteiger partial charge in [0.1, 0.15) is 0 Å². The van der Waals surface area contributed by atoms with Crippen LogP contribution in [0.15, 0.2) is 23.3 Å². The monoisotopic (exact) mass is 195 g/mol. The van der Waals surface area contributed by atoms with Crippen LogP contribution >= 0.6 is 0 Å². The van der Waals surface area contributed by atoms with Crippen molar-refractivity contribution in [2.75, 3.05) is 7.04 Å². The third-order valence-corrected chi connectivity index (χ3v) is 1.83. The van der Waals surface area contributed by atoms with Crippen molar-refractivity contribution < 1.29 is 14.0 Å². The summed E-state index contributed by atoms with van der Waals surface area (Å²) in [5.74, 6) is -0.664. The number of aromatic nitrogens is 2. The van der Waals surface area contributed by atoms with Crippen LogP contribution in [0.3, 0.4) is 0 Å². The fourth-order valence-corrected chi connectivity index (χ4v) is 1.17. The van der Waals surface area contributed by atoms with E-state index in [0.29, 0.717) is 0 Å². The van der Waals surface area contributed by atoms with Crippen molar-refractivity contribution in [3.05, 3.63) is 28.8 Å². The predicted molar refractivity (Wildman–Crippen MR) is 50.6 cm³/mol. The largest absolute Gasteiger partial charge is 0.504 e. The topological polar surface area (TPSA) is 75.2 Å². The molecule has 14 heavy (non-hydrogen) atoms. The fourth-order valence-electron chi connectivity index (χ4n) is 1.17. The van der Waals surface area contributed by atoms with Crippen LogP contribution in [-0.2, 0) is 0 Å². The van der Waals surface area contributed by atoms with Gasteiger partial charge in [0.25, 0.3) is 5.56 Å². The molecule has 0 atom stereocenters. The number of nitrogens with one attached hydrogen (secondary N) is 1. The van der Waals surface area contributed by atoms with E-state index in [-0.39, 0.29) is 16.7 Å². The molecule has 2 rings (SSSR count). The van der Waals surface area contributed by atoms with Crippen LogP contribution in [0.25, 0.3) is 10.9 Å². The number of aromatic amines is 1. The minimum atomic E-state index is -2.67. The van der Waals surface area contributed by atoms with Gasteiger partial charge in [-0.25, -0.2) is 4.98 Å². The molecule has 0 spiro atoms. The lowest BCUT2D eigenvalue weighted by Gasteiger charge is -2.03. The normalized spacial score (nSPS) is 14.4. The van der Waals surface area contributed by atoms with E-state index in [2.05, 4.69) is 14.7 Å². The Morgan fingerprint density at radius 3 is 3.29 bits per heavy atom. The molecule has 1 aromatic carbocycles. The van der Waals surface area contributed by atoms with Crippen molar-refractivity contribution in [3.63, 3.8) is 0 Å². The van der Waals surface area contributed by atoms with Gasteiger partial charge in [-0.05, 0) is 6.07 Å². The molecule has 5 heteroatoms. The van der Waals surface area contributed by atoms with Crippen molar-refractivity contribution in [2.24, 2.45) is 0 Å². The molecular weight excluding hydrogens is 184 g/mol. The number of hydrogen-bond acceptors (Lipinski definition) is 4. The second-order valence-corrected chi connectivity index (χ2v) is 2.67. The molecule has 0 bridgehead atoms. The molecule has 2 aromatic rings. The van der Waals surface area contributed by atoms with Gasteiger partial charge in [-0.1, -0.05) is 0 Å². The van der Waals surface area contributed by atoms with Crippen molar-refractivity contribution in [2.45, 2.75) is 0 Å². The quantitative estimate of drug-likeness (QED) is 0.700. The van der Waals surface area contributed by atoms with Crippen LogP contribution < -0.4 is 10.3 Å². The lowest BCUT2D eigenvalue weighted by molar-refractivity contribution is 0.374. The Kier molecular flexibility index (Phi) is 1.22. The number of ether oxygens (including phenoxy) is 1. The summed E-state index contributed by atoms with van der Waals surface area (Å²) in [5.41, 5.74) is -0.184. The molecule has 0 amide bonds. The molecule has 2 N–H and O–H groups in total. The first kappa shape index (κ1) is 5.64. The summed E-state index contributed by atoms with van der Waals surface area (Å²) < 4.78 is 25.4. The number of phenolic OH excluding ortho intramolecular Hbond substituents is 1. The highest BCUT2D eigenvalue weighted by molar-refractivity contribution is 5.81. The number of phenols is 1. The maximum Gasteiger partial charge on any atom is 0.258 e. The summed E-state index contributed by atoms with van der Waals surface area (Å²) in [6.45, 7) is 0. The zero-order chi connectivity index (χ0) is 12.6. The first-order valence-corrected chi connectivity index (χ1v) is 3.76. The number of methoxy groups -OCH3 is 1. The van der Waals surface area contributed by atoms with E-state index >= 15 is 0 Å². The van der Waals surface area contributed by atoms with Gasteiger partial charge in [0.2, 0.25) is 0 Å². The van der Waals surface area contributed by atoms with E-state index in [4.69, 9.17) is 4.11 Å². The fraction of sp³-hybridized carbons (Fsp3) is 0.111. The molecule has 1 heterocycles. The molecule has 1 aromatic heterocycles. The molecule has 72 valence electrons. The highest BCUT2D eigenvalue weighted by atomic mass is 16.5. The number of fused-ring (bicyclic) bond motifs is 1. The van der Waals surface area contributed by atoms with E-state index < -0.39 is 18.3 Å². The predicted octanol–water partition coefficient (Wildman–Crippen LogP) is 0.637. The van der Waals surface area contributed by atoms with Gasteiger partial charge in [0.05, 0.1) is 28.4 Å². The van der Waals surface area contributed by atoms with Crippen molar-refractivity contribution in [1.82, 2.24) is 9.97 Å². The first-order valence-electron chi connectivity index (χ1n) is 5.26. The van der Waals surface area contributed by atoms with Gasteiger partial charge in [-0.2, -0.15) is 0 Å². The average Bonchev–Trinajstić information content (AvgIpc) is 2.19. The Morgan fingerprint density at radius 1 is 1.64 bits per heavy atom. The SMILES string of the molecule is [2H]C([2H])([2H])Oc1cc2nc[nH]c(=O)c2cc1O. The smallest absolute Gasteiger partial charge is 0.258 e. The van der Waals surface area contributed by atoms with E-state index in [0.717, 1.165) is 6.07 Å². The Labute approximate surface area is 83.2 Å². The molecule has 0 aliphatic carbocycles. The summed E-state index contributed by atoms with van der Waals surface area (Å²) in [6.07, 6.45) is 1.18. The third-order valence-electron chi connectivity index (χ3n) is 1.83. The van der Waals surface area contributed by atoms with Gasteiger partial charge >= 0.3 is 0 Å². The van der Waals surface area contributed by atoms with Crippen LogP contribution in [0.4, 0.5) is 0 Å². The molecule has 0 saturated carbocycles. The number of rotatable bonds is 1. The van der Waals surface area contributed by atoms with E-state index in [1.54, 1.807) is 0 Å². The third kappa shape index (κ3) is 1.19. The molecule has 0 aliphatic rings. The number of nitrogens with zero attached hydrogens (tertiary/aromatic N) is 1. The van der Waals surface area contributed by atoms with E-state index in [1.165, 1.54) is 12.4 Å². The second-order valence-electron chi connectivity index (χ2n) is 2.67. The molecule has 0 saturated heterocycles.